The fraction of sp³-hybridized carbons (Fsp3) is 1.00. The molecule has 11 heavy (non-hydrogen) atoms. The first-order chi connectivity index (χ1) is 5.00. The molecule has 0 heterocycles. The summed E-state index contributed by atoms with van der Waals surface area (Å²) in [5, 5.41) is 0. The van der Waals surface area contributed by atoms with E-state index in [1.165, 1.54) is 48.2 Å². The van der Waals surface area contributed by atoms with Crippen LogP contribution >= 0.6 is 0 Å². The van der Waals surface area contributed by atoms with E-state index in [1.54, 1.807) is 0 Å². The van der Waals surface area contributed by atoms with Crippen molar-refractivity contribution >= 4 is 22.5 Å². The van der Waals surface area contributed by atoms with Crippen LogP contribution in [-0.2, 0) is 0 Å². The number of hydrogen-bond donors (Lipinski definition) is 0. The molecule has 0 aliphatic heterocycles. The zero-order valence-electron chi connectivity index (χ0n) is 8.06. The molecule has 0 aromatic carbocycles. The molecule has 1 aliphatic rings. The molecule has 0 bridgehead atoms. The van der Waals surface area contributed by atoms with E-state index in [0.29, 0.717) is 5.41 Å². The second kappa shape index (κ2) is 3.67. The molecule has 0 unspecified atom stereocenters. The van der Waals surface area contributed by atoms with Crippen LogP contribution in [-0.4, -0.2) is 22.5 Å². The summed E-state index contributed by atoms with van der Waals surface area (Å²) in [5.41, 5.74) is 0.570. The summed E-state index contributed by atoms with van der Waals surface area (Å²) >= 11 is 1.49. The van der Waals surface area contributed by atoms with Gasteiger partial charge in [0.15, 0.2) is 0 Å². The van der Waals surface area contributed by atoms with E-state index in [9.17, 15) is 0 Å². The third kappa shape index (κ3) is 2.96. The van der Waals surface area contributed by atoms with Gasteiger partial charge in [0, 0.05) is 0 Å². The molecule has 0 spiro atoms. The molecule has 1 heteroatoms. The summed E-state index contributed by atoms with van der Waals surface area (Å²) in [6, 6.07) is 0. The molecule has 0 atom stereocenters. The van der Waals surface area contributed by atoms with Gasteiger partial charge in [0.05, 0.1) is 0 Å². The van der Waals surface area contributed by atoms with Crippen molar-refractivity contribution in [1.82, 2.24) is 0 Å². The van der Waals surface area contributed by atoms with Crippen LogP contribution in [0.5, 0.6) is 0 Å². The van der Waals surface area contributed by atoms with Crippen molar-refractivity contribution in [3.05, 3.63) is 0 Å². The van der Waals surface area contributed by atoms with E-state index >= 15 is 0 Å². The fourth-order valence-electron chi connectivity index (χ4n) is 1.99. The molecule has 1 saturated carbocycles. The Morgan fingerprint density at radius 3 is 1.82 bits per heavy atom. The monoisotopic (exact) mass is 260 g/mol. The normalized spacial score (nSPS) is 33.8. The van der Waals surface area contributed by atoms with Crippen molar-refractivity contribution in [3.8, 4) is 0 Å². The predicted molar refractivity (Wildman–Crippen MR) is 52.3 cm³/mol. The third-order valence-electron chi connectivity index (χ3n) is 3.00. The molecule has 1 fully saturated rings. The van der Waals surface area contributed by atoms with Gasteiger partial charge >= 0.3 is 84.2 Å². The van der Waals surface area contributed by atoms with Gasteiger partial charge in [0.25, 0.3) is 0 Å². The minimum absolute atomic E-state index is 0.570. The van der Waals surface area contributed by atoms with Crippen molar-refractivity contribution in [3.63, 3.8) is 0 Å². The maximum atomic E-state index is 2.39. The SMILES string of the molecule is CC(C)(C)C1CC[CH]([SnH])CC1. The van der Waals surface area contributed by atoms with Gasteiger partial charge in [-0.25, -0.2) is 0 Å². The van der Waals surface area contributed by atoms with Crippen molar-refractivity contribution in [2.75, 3.05) is 0 Å². The molecule has 0 aromatic heterocycles. The number of hydrogen-bond acceptors (Lipinski definition) is 0. The van der Waals surface area contributed by atoms with Crippen LogP contribution in [0.15, 0.2) is 0 Å². The summed E-state index contributed by atoms with van der Waals surface area (Å²) in [7, 11) is 0. The molecule has 0 nitrogen and oxygen atoms in total. The summed E-state index contributed by atoms with van der Waals surface area (Å²) in [4.78, 5) is 0. The van der Waals surface area contributed by atoms with Crippen LogP contribution in [0.1, 0.15) is 46.5 Å². The van der Waals surface area contributed by atoms with E-state index in [0.717, 1.165) is 9.85 Å². The quantitative estimate of drug-likeness (QED) is 0.587. The summed E-state index contributed by atoms with van der Waals surface area (Å²) < 4.78 is 1.12. The van der Waals surface area contributed by atoms with Crippen LogP contribution in [0, 0.1) is 11.3 Å². The Balaban J connectivity index is 2.39. The Labute approximate surface area is 84.2 Å². The summed E-state index contributed by atoms with van der Waals surface area (Å²) in [6.07, 6.45) is 6.03. The third-order valence-corrected chi connectivity index (χ3v) is 4.90. The van der Waals surface area contributed by atoms with Gasteiger partial charge in [0.2, 0.25) is 0 Å². The Morgan fingerprint density at radius 2 is 1.45 bits per heavy atom. The van der Waals surface area contributed by atoms with E-state index in [2.05, 4.69) is 20.8 Å². The van der Waals surface area contributed by atoms with E-state index in [1.807, 2.05) is 0 Å². The fourth-order valence-corrected chi connectivity index (χ4v) is 3.08. The average molecular weight is 259 g/mol. The van der Waals surface area contributed by atoms with Crippen LogP contribution < -0.4 is 0 Å². The van der Waals surface area contributed by atoms with E-state index < -0.39 is 0 Å². The minimum atomic E-state index is 0.570. The van der Waals surface area contributed by atoms with Gasteiger partial charge in [-0.1, -0.05) is 0 Å². The Morgan fingerprint density at radius 1 is 1.00 bits per heavy atom. The molecular formula is C10H20Sn. The zero-order valence-corrected chi connectivity index (χ0v) is 11.4. The molecule has 0 saturated heterocycles. The Hall–Kier alpha value is 0.799. The first kappa shape index (κ1) is 9.88. The molecule has 0 N–H and O–H groups in total. The van der Waals surface area contributed by atoms with Gasteiger partial charge in [-0.2, -0.15) is 0 Å². The number of rotatable bonds is 0. The predicted octanol–water partition coefficient (Wildman–Crippen LogP) is 2.91. The van der Waals surface area contributed by atoms with Crippen molar-refractivity contribution in [2.24, 2.45) is 11.3 Å². The average Bonchev–Trinajstić information content (AvgIpc) is 1.86. The van der Waals surface area contributed by atoms with Crippen LogP contribution in [0.25, 0.3) is 0 Å². The van der Waals surface area contributed by atoms with E-state index in [4.69, 9.17) is 0 Å². The van der Waals surface area contributed by atoms with Crippen molar-refractivity contribution in [1.29, 1.82) is 0 Å². The second-order valence-corrected chi connectivity index (χ2v) is 7.67. The Kier molecular flexibility index (Phi) is 3.30. The Bertz CT molecular complexity index is 115. The molecule has 64 valence electrons. The molecule has 1 aliphatic carbocycles. The van der Waals surface area contributed by atoms with Gasteiger partial charge in [-0.15, -0.1) is 0 Å². The van der Waals surface area contributed by atoms with Gasteiger partial charge in [-0.3, -0.25) is 0 Å². The molecular weight excluding hydrogens is 239 g/mol. The van der Waals surface area contributed by atoms with Gasteiger partial charge in [0.1, 0.15) is 0 Å². The van der Waals surface area contributed by atoms with Crippen molar-refractivity contribution in [2.45, 2.75) is 50.4 Å². The molecule has 0 aromatic rings. The zero-order chi connectivity index (χ0) is 8.48. The van der Waals surface area contributed by atoms with E-state index in [-0.39, 0.29) is 0 Å². The molecule has 2 radical (unpaired) electrons. The summed E-state index contributed by atoms with van der Waals surface area (Å²) in [5.74, 6) is 1.01. The van der Waals surface area contributed by atoms with Gasteiger partial charge in [-0.05, 0) is 0 Å². The van der Waals surface area contributed by atoms with Crippen LogP contribution in [0.4, 0.5) is 0 Å². The standard InChI is InChI=1S/C10H19.Sn.H/c1-10(2,3)9-7-5-4-6-8-9;;/h4,9H,5-8H2,1-3H3;;. The first-order valence-corrected chi connectivity index (χ1v) is 6.66. The maximum absolute atomic E-state index is 2.39. The van der Waals surface area contributed by atoms with Crippen molar-refractivity contribution < 1.29 is 0 Å². The van der Waals surface area contributed by atoms with Crippen LogP contribution in [0.2, 0.25) is 3.93 Å². The van der Waals surface area contributed by atoms with Crippen LogP contribution in [0.3, 0.4) is 0 Å². The first-order valence-electron chi connectivity index (χ1n) is 4.76. The summed E-state index contributed by atoms with van der Waals surface area (Å²) in [6.45, 7) is 7.18. The molecule has 1 rings (SSSR count). The topological polar surface area (TPSA) is 0 Å². The second-order valence-electron chi connectivity index (χ2n) is 4.98. The van der Waals surface area contributed by atoms with Gasteiger partial charge < -0.3 is 0 Å². The molecule has 0 amide bonds.